The van der Waals surface area contributed by atoms with Gasteiger partial charge in [0.1, 0.15) is 5.54 Å². The minimum Gasteiger partial charge on any atom is -0.468 e. The molecule has 3 nitrogen and oxygen atoms in total. The maximum atomic E-state index is 12.4. The van der Waals surface area contributed by atoms with Crippen molar-refractivity contribution in [2.24, 2.45) is 5.73 Å². The van der Waals surface area contributed by atoms with Crippen molar-refractivity contribution >= 4 is 5.97 Å². The van der Waals surface area contributed by atoms with Gasteiger partial charge in [-0.1, -0.05) is 12.1 Å². The van der Waals surface area contributed by atoms with Gasteiger partial charge in [-0.2, -0.15) is 13.2 Å². The fourth-order valence-electron chi connectivity index (χ4n) is 2.01. The number of rotatable bonds is 2. The highest BCUT2D eigenvalue weighted by Crippen LogP contribution is 2.50. The number of esters is 1. The monoisotopic (exact) mass is 259 g/mol. The summed E-state index contributed by atoms with van der Waals surface area (Å²) in [5.74, 6) is -0.806. The summed E-state index contributed by atoms with van der Waals surface area (Å²) < 4.78 is 41.7. The highest BCUT2D eigenvalue weighted by molar-refractivity contribution is 5.86. The molecule has 6 heteroatoms. The van der Waals surface area contributed by atoms with Crippen LogP contribution in [0.1, 0.15) is 23.5 Å². The Kier molecular flexibility index (Phi) is 2.85. The minimum atomic E-state index is -4.36. The normalized spacial score (nSPS) is 26.8. The van der Waals surface area contributed by atoms with Crippen molar-refractivity contribution in [3.05, 3.63) is 35.4 Å². The zero-order chi connectivity index (χ0) is 13.6. The van der Waals surface area contributed by atoms with Gasteiger partial charge in [0.25, 0.3) is 0 Å². The third kappa shape index (κ3) is 2.08. The summed E-state index contributed by atoms with van der Waals surface area (Å²) in [6.07, 6.45) is -3.96. The number of carbonyl (C=O) groups is 1. The molecule has 1 fully saturated rings. The maximum Gasteiger partial charge on any atom is 0.416 e. The summed E-state index contributed by atoms with van der Waals surface area (Å²) in [6.45, 7) is 0. The Labute approximate surface area is 102 Å². The van der Waals surface area contributed by atoms with Crippen LogP contribution in [0.15, 0.2) is 24.3 Å². The highest BCUT2D eigenvalue weighted by atomic mass is 19.4. The molecule has 0 saturated heterocycles. The summed E-state index contributed by atoms with van der Waals surface area (Å²) in [5.41, 5.74) is 4.62. The smallest absolute Gasteiger partial charge is 0.416 e. The predicted octanol–water partition coefficient (Wildman–Crippen LogP) is 2.06. The average Bonchev–Trinajstić information content (AvgIpc) is 3.01. The second-order valence-corrected chi connectivity index (χ2v) is 4.41. The van der Waals surface area contributed by atoms with Crippen molar-refractivity contribution < 1.29 is 22.7 Å². The molecule has 0 radical (unpaired) electrons. The lowest BCUT2D eigenvalue weighted by Gasteiger charge is -2.10. The minimum absolute atomic E-state index is 0.271. The molecule has 2 rings (SSSR count). The zero-order valence-corrected chi connectivity index (χ0v) is 9.62. The summed E-state index contributed by atoms with van der Waals surface area (Å²) in [7, 11) is 1.24. The van der Waals surface area contributed by atoms with Crippen LogP contribution in [0.2, 0.25) is 0 Å². The van der Waals surface area contributed by atoms with Gasteiger partial charge in [-0.3, -0.25) is 4.79 Å². The van der Waals surface area contributed by atoms with E-state index in [4.69, 9.17) is 5.73 Å². The lowest BCUT2D eigenvalue weighted by molar-refractivity contribution is -0.143. The lowest BCUT2D eigenvalue weighted by Crippen LogP contribution is -2.35. The molecule has 0 unspecified atom stereocenters. The van der Waals surface area contributed by atoms with E-state index in [2.05, 4.69) is 4.74 Å². The van der Waals surface area contributed by atoms with E-state index in [1.807, 2.05) is 0 Å². The van der Waals surface area contributed by atoms with Gasteiger partial charge in [0.05, 0.1) is 12.7 Å². The molecule has 2 N–H and O–H groups in total. The van der Waals surface area contributed by atoms with Gasteiger partial charge in [-0.25, -0.2) is 0 Å². The Morgan fingerprint density at radius 3 is 2.39 bits per heavy atom. The Morgan fingerprint density at radius 1 is 1.39 bits per heavy atom. The summed E-state index contributed by atoms with van der Waals surface area (Å²) in [6, 6.07) is 4.69. The molecule has 1 aliphatic rings. The fourth-order valence-corrected chi connectivity index (χ4v) is 2.01. The molecule has 1 aromatic carbocycles. The average molecular weight is 259 g/mol. The molecular weight excluding hydrogens is 247 g/mol. The number of methoxy groups -OCH3 is 1. The van der Waals surface area contributed by atoms with Crippen LogP contribution < -0.4 is 5.73 Å². The van der Waals surface area contributed by atoms with Gasteiger partial charge in [0.2, 0.25) is 0 Å². The van der Waals surface area contributed by atoms with Crippen molar-refractivity contribution in [1.29, 1.82) is 0 Å². The first-order chi connectivity index (χ1) is 8.29. The topological polar surface area (TPSA) is 52.3 Å². The first-order valence-corrected chi connectivity index (χ1v) is 5.33. The molecular formula is C12H12F3NO2. The van der Waals surface area contributed by atoms with Crippen LogP contribution in [-0.2, 0) is 15.7 Å². The summed E-state index contributed by atoms with van der Waals surface area (Å²) >= 11 is 0. The van der Waals surface area contributed by atoms with Crippen molar-refractivity contribution in [2.45, 2.75) is 24.1 Å². The summed E-state index contributed by atoms with van der Waals surface area (Å²) in [5, 5.41) is 0. The molecule has 0 aliphatic heterocycles. The van der Waals surface area contributed by atoms with Crippen LogP contribution in [0.4, 0.5) is 13.2 Å². The number of hydrogen-bond acceptors (Lipinski definition) is 3. The Hall–Kier alpha value is -1.56. The van der Waals surface area contributed by atoms with Crippen molar-refractivity contribution in [3.8, 4) is 0 Å². The number of benzene rings is 1. The van der Waals surface area contributed by atoms with Crippen LogP contribution in [-0.4, -0.2) is 18.6 Å². The lowest BCUT2D eigenvalue weighted by atomic mass is 10.0. The number of hydrogen-bond donors (Lipinski definition) is 1. The highest BCUT2D eigenvalue weighted by Gasteiger charge is 2.58. The molecule has 1 aliphatic carbocycles. The first-order valence-electron chi connectivity index (χ1n) is 5.33. The second-order valence-electron chi connectivity index (χ2n) is 4.41. The van der Waals surface area contributed by atoms with E-state index in [0.29, 0.717) is 12.0 Å². The molecule has 18 heavy (non-hydrogen) atoms. The standard InChI is InChI=1S/C12H12F3NO2/c1-18-10(17)11(16)6-9(11)7-2-4-8(5-3-7)12(13,14)15/h2-5,9H,6,16H2,1H3/t9-,11-/m1/s1. The van der Waals surface area contributed by atoms with E-state index in [-0.39, 0.29) is 5.92 Å². The van der Waals surface area contributed by atoms with Crippen LogP contribution in [0.3, 0.4) is 0 Å². The molecule has 98 valence electrons. The number of halogens is 3. The van der Waals surface area contributed by atoms with Crippen LogP contribution in [0, 0.1) is 0 Å². The van der Waals surface area contributed by atoms with Crippen LogP contribution >= 0.6 is 0 Å². The predicted molar refractivity (Wildman–Crippen MR) is 57.7 cm³/mol. The first kappa shape index (κ1) is 12.9. The third-order valence-corrected chi connectivity index (χ3v) is 3.21. The molecule has 1 aromatic rings. The Balaban J connectivity index is 2.16. The SMILES string of the molecule is COC(=O)[C@@]1(N)C[C@@H]1c1ccc(C(F)(F)F)cc1. The van der Waals surface area contributed by atoms with E-state index >= 15 is 0 Å². The van der Waals surface area contributed by atoms with Crippen LogP contribution in [0.5, 0.6) is 0 Å². The van der Waals surface area contributed by atoms with E-state index < -0.39 is 23.2 Å². The van der Waals surface area contributed by atoms with Crippen molar-refractivity contribution in [2.75, 3.05) is 7.11 Å². The van der Waals surface area contributed by atoms with E-state index in [9.17, 15) is 18.0 Å². The molecule has 1 saturated carbocycles. The van der Waals surface area contributed by atoms with Gasteiger partial charge < -0.3 is 10.5 Å². The molecule has 2 atom stereocenters. The quantitative estimate of drug-likeness (QED) is 0.827. The number of ether oxygens (including phenoxy) is 1. The molecule has 0 aromatic heterocycles. The van der Waals surface area contributed by atoms with Crippen LogP contribution in [0.25, 0.3) is 0 Å². The van der Waals surface area contributed by atoms with Gasteiger partial charge >= 0.3 is 12.1 Å². The largest absolute Gasteiger partial charge is 0.468 e. The number of carbonyl (C=O) groups excluding carboxylic acids is 1. The molecule has 0 spiro atoms. The Bertz CT molecular complexity index is 469. The Morgan fingerprint density at radius 2 is 1.94 bits per heavy atom. The van der Waals surface area contributed by atoms with Gasteiger partial charge in [-0.15, -0.1) is 0 Å². The van der Waals surface area contributed by atoms with Gasteiger partial charge in [0, 0.05) is 5.92 Å². The van der Waals surface area contributed by atoms with E-state index in [1.54, 1.807) is 0 Å². The summed E-state index contributed by atoms with van der Waals surface area (Å²) in [4.78, 5) is 11.4. The molecule has 0 heterocycles. The van der Waals surface area contributed by atoms with Gasteiger partial charge in [-0.05, 0) is 24.1 Å². The maximum absolute atomic E-state index is 12.4. The number of alkyl halides is 3. The van der Waals surface area contributed by atoms with E-state index in [1.165, 1.54) is 19.2 Å². The van der Waals surface area contributed by atoms with Crippen molar-refractivity contribution in [3.63, 3.8) is 0 Å². The molecule has 0 bridgehead atoms. The van der Waals surface area contributed by atoms with Gasteiger partial charge in [0.15, 0.2) is 0 Å². The van der Waals surface area contributed by atoms with Crippen molar-refractivity contribution in [1.82, 2.24) is 0 Å². The third-order valence-electron chi connectivity index (χ3n) is 3.21. The molecule has 0 amide bonds. The fraction of sp³-hybridized carbons (Fsp3) is 0.417. The van der Waals surface area contributed by atoms with E-state index in [0.717, 1.165) is 12.1 Å². The second kappa shape index (κ2) is 3.98. The number of nitrogens with two attached hydrogens (primary N) is 1. The zero-order valence-electron chi connectivity index (χ0n) is 9.62.